The molecule has 1 amide bonds. The summed E-state index contributed by atoms with van der Waals surface area (Å²) in [5.74, 6) is -0.363. The SMILES string of the molecule is NC(=O)c1cc2ccccc2n1C1CCOCC1. The second kappa shape index (κ2) is 4.46. The highest BCUT2D eigenvalue weighted by Gasteiger charge is 2.22. The van der Waals surface area contributed by atoms with Gasteiger partial charge in [-0.15, -0.1) is 0 Å². The fourth-order valence-corrected chi connectivity index (χ4v) is 2.70. The van der Waals surface area contributed by atoms with Gasteiger partial charge < -0.3 is 15.0 Å². The van der Waals surface area contributed by atoms with Crippen molar-refractivity contribution in [2.24, 2.45) is 5.73 Å². The van der Waals surface area contributed by atoms with Crippen molar-refractivity contribution in [2.75, 3.05) is 13.2 Å². The molecule has 1 aliphatic heterocycles. The number of hydrogen-bond acceptors (Lipinski definition) is 2. The van der Waals surface area contributed by atoms with Gasteiger partial charge >= 0.3 is 0 Å². The molecule has 94 valence electrons. The lowest BCUT2D eigenvalue weighted by Crippen LogP contribution is -2.24. The number of aromatic nitrogens is 1. The van der Waals surface area contributed by atoms with Gasteiger partial charge in [-0.1, -0.05) is 18.2 Å². The first kappa shape index (κ1) is 11.3. The molecular weight excluding hydrogens is 228 g/mol. The van der Waals surface area contributed by atoms with E-state index in [9.17, 15) is 4.79 Å². The average Bonchev–Trinajstić information content (AvgIpc) is 2.79. The fraction of sp³-hybridized carbons (Fsp3) is 0.357. The lowest BCUT2D eigenvalue weighted by Gasteiger charge is -2.26. The topological polar surface area (TPSA) is 57.2 Å². The van der Waals surface area contributed by atoms with E-state index in [1.54, 1.807) is 0 Å². The fourth-order valence-electron chi connectivity index (χ4n) is 2.70. The number of carbonyl (C=O) groups is 1. The maximum absolute atomic E-state index is 11.6. The zero-order valence-electron chi connectivity index (χ0n) is 10.1. The molecule has 0 saturated carbocycles. The summed E-state index contributed by atoms with van der Waals surface area (Å²) < 4.78 is 7.46. The molecule has 2 heterocycles. The molecule has 2 N–H and O–H groups in total. The quantitative estimate of drug-likeness (QED) is 0.879. The van der Waals surface area contributed by atoms with Crippen molar-refractivity contribution in [2.45, 2.75) is 18.9 Å². The third-order valence-electron chi connectivity index (χ3n) is 3.56. The molecule has 0 radical (unpaired) electrons. The predicted octanol–water partition coefficient (Wildman–Crippen LogP) is 2.09. The number of para-hydroxylation sites is 1. The van der Waals surface area contributed by atoms with E-state index in [4.69, 9.17) is 10.5 Å². The molecular formula is C14H16N2O2. The zero-order chi connectivity index (χ0) is 12.5. The Morgan fingerprint density at radius 1 is 1.28 bits per heavy atom. The minimum atomic E-state index is -0.363. The molecule has 1 aromatic carbocycles. The van der Waals surface area contributed by atoms with Crippen LogP contribution in [0.4, 0.5) is 0 Å². The van der Waals surface area contributed by atoms with E-state index in [0.29, 0.717) is 11.7 Å². The van der Waals surface area contributed by atoms with Crippen molar-refractivity contribution < 1.29 is 9.53 Å². The molecule has 0 spiro atoms. The standard InChI is InChI=1S/C14H16N2O2/c15-14(17)13-9-10-3-1-2-4-12(10)16(13)11-5-7-18-8-6-11/h1-4,9,11H,5-8H2,(H2,15,17). The van der Waals surface area contributed by atoms with Crippen molar-refractivity contribution in [3.8, 4) is 0 Å². The van der Waals surface area contributed by atoms with E-state index in [2.05, 4.69) is 4.57 Å². The summed E-state index contributed by atoms with van der Waals surface area (Å²) in [4.78, 5) is 11.6. The van der Waals surface area contributed by atoms with Gasteiger partial charge in [-0.2, -0.15) is 0 Å². The van der Waals surface area contributed by atoms with E-state index in [1.165, 1.54) is 0 Å². The van der Waals surface area contributed by atoms with Crippen LogP contribution in [0, 0.1) is 0 Å². The summed E-state index contributed by atoms with van der Waals surface area (Å²) in [6.45, 7) is 1.49. The van der Waals surface area contributed by atoms with Crippen LogP contribution in [0.15, 0.2) is 30.3 Å². The predicted molar refractivity (Wildman–Crippen MR) is 69.5 cm³/mol. The highest BCUT2D eigenvalue weighted by molar-refractivity contribution is 5.97. The van der Waals surface area contributed by atoms with Crippen LogP contribution in [-0.2, 0) is 4.74 Å². The van der Waals surface area contributed by atoms with Crippen molar-refractivity contribution in [1.82, 2.24) is 4.57 Å². The van der Waals surface area contributed by atoms with Gasteiger partial charge in [-0.3, -0.25) is 4.79 Å². The normalized spacial score (nSPS) is 17.1. The van der Waals surface area contributed by atoms with Crippen LogP contribution in [0.3, 0.4) is 0 Å². The third kappa shape index (κ3) is 1.78. The van der Waals surface area contributed by atoms with Gasteiger partial charge in [0.15, 0.2) is 0 Å². The van der Waals surface area contributed by atoms with Crippen LogP contribution >= 0.6 is 0 Å². The summed E-state index contributed by atoms with van der Waals surface area (Å²) in [7, 11) is 0. The Morgan fingerprint density at radius 2 is 2.00 bits per heavy atom. The first-order chi connectivity index (χ1) is 8.77. The van der Waals surface area contributed by atoms with E-state index < -0.39 is 0 Å². The Kier molecular flexibility index (Phi) is 2.80. The van der Waals surface area contributed by atoms with Gasteiger partial charge in [0.25, 0.3) is 5.91 Å². The number of nitrogens with zero attached hydrogens (tertiary/aromatic N) is 1. The summed E-state index contributed by atoms with van der Waals surface area (Å²) in [5.41, 5.74) is 7.18. The maximum Gasteiger partial charge on any atom is 0.265 e. The molecule has 0 unspecified atom stereocenters. The monoisotopic (exact) mass is 244 g/mol. The van der Waals surface area contributed by atoms with Gasteiger partial charge in [0.1, 0.15) is 5.69 Å². The van der Waals surface area contributed by atoms with Crippen molar-refractivity contribution in [3.63, 3.8) is 0 Å². The minimum Gasteiger partial charge on any atom is -0.381 e. The Bertz CT molecular complexity index is 582. The molecule has 18 heavy (non-hydrogen) atoms. The smallest absolute Gasteiger partial charge is 0.265 e. The van der Waals surface area contributed by atoms with E-state index in [1.807, 2.05) is 30.3 Å². The Balaban J connectivity index is 2.17. The number of fused-ring (bicyclic) bond motifs is 1. The van der Waals surface area contributed by atoms with Crippen molar-refractivity contribution in [1.29, 1.82) is 0 Å². The summed E-state index contributed by atoms with van der Waals surface area (Å²) in [6, 6.07) is 10.2. The van der Waals surface area contributed by atoms with E-state index in [-0.39, 0.29) is 5.91 Å². The lowest BCUT2D eigenvalue weighted by molar-refractivity contribution is 0.0691. The molecule has 0 atom stereocenters. The molecule has 1 aliphatic rings. The summed E-state index contributed by atoms with van der Waals surface area (Å²) in [6.07, 6.45) is 1.86. The molecule has 4 heteroatoms. The third-order valence-corrected chi connectivity index (χ3v) is 3.56. The number of hydrogen-bond donors (Lipinski definition) is 1. The van der Waals surface area contributed by atoms with Crippen LogP contribution in [0.2, 0.25) is 0 Å². The van der Waals surface area contributed by atoms with Gasteiger partial charge in [0, 0.05) is 30.2 Å². The van der Waals surface area contributed by atoms with Crippen molar-refractivity contribution >= 4 is 16.8 Å². The van der Waals surface area contributed by atoms with E-state index >= 15 is 0 Å². The highest BCUT2D eigenvalue weighted by Crippen LogP contribution is 2.29. The van der Waals surface area contributed by atoms with Crippen LogP contribution in [0.1, 0.15) is 29.4 Å². The first-order valence-electron chi connectivity index (χ1n) is 6.25. The Morgan fingerprint density at radius 3 is 2.72 bits per heavy atom. The molecule has 0 bridgehead atoms. The summed E-state index contributed by atoms with van der Waals surface area (Å²) in [5, 5.41) is 1.07. The number of nitrogens with two attached hydrogens (primary N) is 1. The van der Waals surface area contributed by atoms with Gasteiger partial charge in [-0.05, 0) is 25.0 Å². The highest BCUT2D eigenvalue weighted by atomic mass is 16.5. The number of ether oxygens (including phenoxy) is 1. The molecule has 1 aromatic heterocycles. The van der Waals surface area contributed by atoms with Crippen LogP contribution in [-0.4, -0.2) is 23.7 Å². The number of carbonyl (C=O) groups excluding carboxylic acids is 1. The Hall–Kier alpha value is -1.81. The number of rotatable bonds is 2. The van der Waals surface area contributed by atoms with Crippen LogP contribution in [0.5, 0.6) is 0 Å². The molecule has 3 rings (SSSR count). The molecule has 2 aromatic rings. The maximum atomic E-state index is 11.6. The van der Waals surface area contributed by atoms with Crippen molar-refractivity contribution in [3.05, 3.63) is 36.0 Å². The molecule has 1 saturated heterocycles. The van der Waals surface area contributed by atoms with Gasteiger partial charge in [-0.25, -0.2) is 0 Å². The molecule has 0 aliphatic carbocycles. The second-order valence-electron chi connectivity index (χ2n) is 4.67. The van der Waals surface area contributed by atoms with Crippen LogP contribution < -0.4 is 5.73 Å². The minimum absolute atomic E-state index is 0.307. The van der Waals surface area contributed by atoms with Crippen LogP contribution in [0.25, 0.3) is 10.9 Å². The molecule has 1 fully saturated rings. The lowest BCUT2D eigenvalue weighted by atomic mass is 10.1. The largest absolute Gasteiger partial charge is 0.381 e. The van der Waals surface area contributed by atoms with Gasteiger partial charge in [0.2, 0.25) is 0 Å². The van der Waals surface area contributed by atoms with Gasteiger partial charge in [0.05, 0.1) is 0 Å². The second-order valence-corrected chi connectivity index (χ2v) is 4.67. The number of primary amides is 1. The zero-order valence-corrected chi connectivity index (χ0v) is 10.1. The number of benzene rings is 1. The Labute approximate surface area is 105 Å². The van der Waals surface area contributed by atoms with E-state index in [0.717, 1.165) is 37.0 Å². The molecule has 4 nitrogen and oxygen atoms in total. The summed E-state index contributed by atoms with van der Waals surface area (Å²) >= 11 is 0. The average molecular weight is 244 g/mol. The number of amides is 1. The first-order valence-corrected chi connectivity index (χ1v) is 6.25.